The molecule has 20 heavy (non-hydrogen) atoms. The summed E-state index contributed by atoms with van der Waals surface area (Å²) < 4.78 is 26.7. The van der Waals surface area contributed by atoms with E-state index in [-0.39, 0.29) is 11.6 Å². The number of halogens is 2. The molecule has 0 saturated carbocycles. The summed E-state index contributed by atoms with van der Waals surface area (Å²) in [5.41, 5.74) is 5.93. The third-order valence-electron chi connectivity index (χ3n) is 3.80. The van der Waals surface area contributed by atoms with Crippen molar-refractivity contribution in [3.63, 3.8) is 0 Å². The number of hydrogen-bond acceptors (Lipinski definition) is 3. The predicted molar refractivity (Wildman–Crippen MR) is 76.4 cm³/mol. The van der Waals surface area contributed by atoms with Gasteiger partial charge in [0.15, 0.2) is 0 Å². The maximum Gasteiger partial charge on any atom is 0.127 e. The molecule has 0 aliphatic carbocycles. The van der Waals surface area contributed by atoms with Crippen molar-refractivity contribution < 1.29 is 8.78 Å². The molecule has 1 aromatic carbocycles. The van der Waals surface area contributed by atoms with Crippen molar-refractivity contribution >= 4 is 0 Å². The van der Waals surface area contributed by atoms with Crippen LogP contribution >= 0.6 is 0 Å². The number of nitrogens with zero attached hydrogens (tertiary/aromatic N) is 2. The molecule has 1 saturated heterocycles. The van der Waals surface area contributed by atoms with Gasteiger partial charge in [0.25, 0.3) is 0 Å². The number of hydrogen-bond donors (Lipinski definition) is 1. The number of piperazine rings is 1. The zero-order valence-electron chi connectivity index (χ0n) is 11.8. The summed E-state index contributed by atoms with van der Waals surface area (Å²) in [6.45, 7) is 6.10. The Balaban J connectivity index is 1.78. The lowest BCUT2D eigenvalue weighted by Gasteiger charge is -2.34. The van der Waals surface area contributed by atoms with Crippen LogP contribution in [0.2, 0.25) is 0 Å². The minimum atomic E-state index is -0.373. The van der Waals surface area contributed by atoms with Gasteiger partial charge in [0.05, 0.1) is 0 Å². The van der Waals surface area contributed by atoms with E-state index in [2.05, 4.69) is 9.80 Å². The van der Waals surface area contributed by atoms with Crippen LogP contribution in [-0.4, -0.2) is 49.1 Å². The first-order valence-corrected chi connectivity index (χ1v) is 7.28. The van der Waals surface area contributed by atoms with Gasteiger partial charge in [0, 0.05) is 38.3 Å². The van der Waals surface area contributed by atoms with Crippen LogP contribution in [0.3, 0.4) is 0 Å². The highest BCUT2D eigenvalue weighted by atomic mass is 19.1. The molecule has 3 nitrogen and oxygen atoms in total. The second-order valence-corrected chi connectivity index (χ2v) is 5.35. The monoisotopic (exact) mass is 283 g/mol. The van der Waals surface area contributed by atoms with Crippen molar-refractivity contribution in [2.75, 3.05) is 39.3 Å². The Labute approximate surface area is 119 Å². The Kier molecular flexibility index (Phi) is 5.88. The molecule has 1 aliphatic rings. The van der Waals surface area contributed by atoms with Gasteiger partial charge in [-0.05, 0) is 44.1 Å². The van der Waals surface area contributed by atoms with Gasteiger partial charge < -0.3 is 10.6 Å². The molecule has 1 aromatic rings. The lowest BCUT2D eigenvalue weighted by molar-refractivity contribution is 0.125. The maximum absolute atomic E-state index is 13.6. The van der Waals surface area contributed by atoms with E-state index >= 15 is 0 Å². The van der Waals surface area contributed by atoms with Crippen LogP contribution < -0.4 is 5.73 Å². The summed E-state index contributed by atoms with van der Waals surface area (Å²) in [6, 6.07) is 3.66. The zero-order valence-corrected chi connectivity index (χ0v) is 11.8. The van der Waals surface area contributed by atoms with Crippen molar-refractivity contribution in [1.29, 1.82) is 0 Å². The van der Waals surface area contributed by atoms with E-state index in [4.69, 9.17) is 5.73 Å². The van der Waals surface area contributed by atoms with Gasteiger partial charge >= 0.3 is 0 Å². The van der Waals surface area contributed by atoms with Gasteiger partial charge in [-0.1, -0.05) is 0 Å². The van der Waals surface area contributed by atoms with Crippen LogP contribution in [0.4, 0.5) is 8.78 Å². The maximum atomic E-state index is 13.6. The second-order valence-electron chi connectivity index (χ2n) is 5.35. The van der Waals surface area contributed by atoms with Gasteiger partial charge in [-0.2, -0.15) is 0 Å². The minimum Gasteiger partial charge on any atom is -0.330 e. The Morgan fingerprint density at radius 2 is 1.70 bits per heavy atom. The standard InChI is InChI=1S/C15H23F2N3/c16-14-3-4-15(17)13(11-14)12-20-9-7-19(8-10-20)6-2-1-5-18/h3-4,11H,1-2,5-10,12,18H2. The van der Waals surface area contributed by atoms with Gasteiger partial charge in [-0.15, -0.1) is 0 Å². The molecular formula is C15H23F2N3. The van der Waals surface area contributed by atoms with Crippen molar-refractivity contribution in [1.82, 2.24) is 9.80 Å². The smallest absolute Gasteiger partial charge is 0.127 e. The molecule has 0 radical (unpaired) electrons. The molecule has 5 heteroatoms. The molecule has 1 aliphatic heterocycles. The van der Waals surface area contributed by atoms with Crippen LogP contribution in [0.1, 0.15) is 18.4 Å². The fourth-order valence-corrected chi connectivity index (χ4v) is 2.56. The van der Waals surface area contributed by atoms with E-state index in [9.17, 15) is 8.78 Å². The molecule has 0 bridgehead atoms. The van der Waals surface area contributed by atoms with Gasteiger partial charge in [0.2, 0.25) is 0 Å². The Morgan fingerprint density at radius 3 is 2.40 bits per heavy atom. The van der Waals surface area contributed by atoms with Gasteiger partial charge in [-0.25, -0.2) is 8.78 Å². The lowest BCUT2D eigenvalue weighted by atomic mass is 10.1. The third-order valence-corrected chi connectivity index (χ3v) is 3.80. The van der Waals surface area contributed by atoms with E-state index in [0.29, 0.717) is 12.1 Å². The summed E-state index contributed by atoms with van der Waals surface area (Å²) in [6.07, 6.45) is 2.20. The van der Waals surface area contributed by atoms with Crippen LogP contribution in [-0.2, 0) is 6.54 Å². The van der Waals surface area contributed by atoms with E-state index in [1.165, 1.54) is 12.1 Å². The Hall–Kier alpha value is -1.04. The molecule has 0 amide bonds. The fourth-order valence-electron chi connectivity index (χ4n) is 2.56. The third kappa shape index (κ3) is 4.51. The summed E-state index contributed by atoms with van der Waals surface area (Å²) in [7, 11) is 0. The molecule has 112 valence electrons. The number of nitrogens with two attached hydrogens (primary N) is 1. The second kappa shape index (κ2) is 7.67. The van der Waals surface area contributed by atoms with Crippen molar-refractivity contribution in [3.05, 3.63) is 35.4 Å². The Bertz CT molecular complexity index is 418. The summed E-state index contributed by atoms with van der Waals surface area (Å²) in [4.78, 5) is 4.59. The Morgan fingerprint density at radius 1 is 1.00 bits per heavy atom. The van der Waals surface area contributed by atoms with Crippen LogP contribution in [0.5, 0.6) is 0 Å². The largest absolute Gasteiger partial charge is 0.330 e. The van der Waals surface area contributed by atoms with Crippen molar-refractivity contribution in [2.45, 2.75) is 19.4 Å². The molecule has 0 spiro atoms. The van der Waals surface area contributed by atoms with E-state index in [0.717, 1.165) is 58.2 Å². The molecular weight excluding hydrogens is 260 g/mol. The summed E-state index contributed by atoms with van der Waals surface area (Å²) >= 11 is 0. The van der Waals surface area contributed by atoms with Crippen LogP contribution in [0.15, 0.2) is 18.2 Å². The first-order chi connectivity index (χ1) is 9.69. The SMILES string of the molecule is NCCCCN1CCN(Cc2cc(F)ccc2F)CC1. The first-order valence-electron chi connectivity index (χ1n) is 7.28. The number of unbranched alkanes of at least 4 members (excludes halogenated alkanes) is 1. The molecule has 1 heterocycles. The summed E-state index contributed by atoms with van der Waals surface area (Å²) in [5, 5.41) is 0. The van der Waals surface area contributed by atoms with Crippen molar-refractivity contribution in [2.24, 2.45) is 5.73 Å². The quantitative estimate of drug-likeness (QED) is 0.808. The molecule has 2 N–H and O–H groups in total. The predicted octanol–water partition coefficient (Wildman–Crippen LogP) is 1.82. The lowest BCUT2D eigenvalue weighted by Crippen LogP contribution is -2.46. The van der Waals surface area contributed by atoms with Crippen molar-refractivity contribution in [3.8, 4) is 0 Å². The first kappa shape index (κ1) is 15.4. The molecule has 0 aromatic heterocycles. The topological polar surface area (TPSA) is 32.5 Å². The highest BCUT2D eigenvalue weighted by molar-refractivity contribution is 5.18. The van der Waals surface area contributed by atoms with E-state index < -0.39 is 0 Å². The van der Waals surface area contributed by atoms with Crippen LogP contribution in [0.25, 0.3) is 0 Å². The van der Waals surface area contributed by atoms with Gasteiger partial charge in [0.1, 0.15) is 11.6 Å². The average Bonchev–Trinajstić information content (AvgIpc) is 2.45. The molecule has 0 atom stereocenters. The molecule has 0 unspecified atom stereocenters. The number of rotatable bonds is 6. The van der Waals surface area contributed by atoms with Crippen LogP contribution in [0, 0.1) is 11.6 Å². The highest BCUT2D eigenvalue weighted by Gasteiger charge is 2.17. The highest BCUT2D eigenvalue weighted by Crippen LogP contribution is 2.14. The average molecular weight is 283 g/mol. The molecule has 2 rings (SSSR count). The van der Waals surface area contributed by atoms with E-state index in [1.54, 1.807) is 0 Å². The summed E-state index contributed by atoms with van der Waals surface area (Å²) in [5.74, 6) is -0.696. The minimum absolute atomic E-state index is 0.322. The van der Waals surface area contributed by atoms with E-state index in [1.807, 2.05) is 0 Å². The zero-order chi connectivity index (χ0) is 14.4. The number of benzene rings is 1. The fraction of sp³-hybridized carbons (Fsp3) is 0.600. The van der Waals surface area contributed by atoms with Gasteiger partial charge in [-0.3, -0.25) is 4.90 Å². The molecule has 1 fully saturated rings. The normalized spacial score (nSPS) is 17.6.